The van der Waals surface area contributed by atoms with E-state index in [1.807, 2.05) is 12.1 Å². The maximum Gasteiger partial charge on any atom is 0.128 e. The Labute approximate surface area is 120 Å². The quantitative estimate of drug-likeness (QED) is 0.839. The van der Waals surface area contributed by atoms with Gasteiger partial charge in [0.2, 0.25) is 0 Å². The number of aliphatic hydroxyl groups is 1. The van der Waals surface area contributed by atoms with Gasteiger partial charge in [-0.2, -0.15) is 0 Å². The lowest BCUT2D eigenvalue weighted by atomic mass is 9.96. The molecule has 1 saturated heterocycles. The number of benzene rings is 1. The number of aliphatic hydroxyl groups excluding tert-OH is 1. The Morgan fingerprint density at radius 1 is 1.30 bits per heavy atom. The number of rotatable bonds is 2. The highest BCUT2D eigenvalue weighted by molar-refractivity contribution is 5.37. The summed E-state index contributed by atoms with van der Waals surface area (Å²) >= 11 is 0. The molecule has 0 aliphatic carbocycles. The van der Waals surface area contributed by atoms with Crippen LogP contribution < -0.4 is 0 Å². The largest absolute Gasteiger partial charge is 0.384 e. The summed E-state index contributed by atoms with van der Waals surface area (Å²) in [5, 5.41) is 8.65. The first-order valence-electron chi connectivity index (χ1n) is 7.25. The fourth-order valence-corrected chi connectivity index (χ4v) is 2.88. The summed E-state index contributed by atoms with van der Waals surface area (Å²) in [6.07, 6.45) is 3.63. The van der Waals surface area contributed by atoms with Gasteiger partial charge >= 0.3 is 0 Å². The van der Waals surface area contributed by atoms with Crippen LogP contribution in [0.5, 0.6) is 0 Å². The van der Waals surface area contributed by atoms with Gasteiger partial charge in [-0.15, -0.1) is 0 Å². The molecule has 1 N–H and O–H groups in total. The van der Waals surface area contributed by atoms with Gasteiger partial charge < -0.3 is 5.11 Å². The smallest absolute Gasteiger partial charge is 0.128 e. The van der Waals surface area contributed by atoms with Gasteiger partial charge in [0.25, 0.3) is 0 Å². The minimum absolute atomic E-state index is 0.202. The summed E-state index contributed by atoms with van der Waals surface area (Å²) in [4.78, 5) is 2.38. The Morgan fingerprint density at radius 2 is 2.00 bits per heavy atom. The second-order valence-corrected chi connectivity index (χ2v) is 5.57. The molecule has 1 fully saturated rings. The van der Waals surface area contributed by atoms with Gasteiger partial charge in [0.15, 0.2) is 0 Å². The maximum absolute atomic E-state index is 14.1. The van der Waals surface area contributed by atoms with E-state index in [2.05, 4.69) is 30.6 Å². The van der Waals surface area contributed by atoms with Gasteiger partial charge in [-0.3, -0.25) is 4.90 Å². The van der Waals surface area contributed by atoms with E-state index in [4.69, 9.17) is 5.11 Å². The van der Waals surface area contributed by atoms with Gasteiger partial charge in [-0.25, -0.2) is 4.39 Å². The Hall–Kier alpha value is -1.37. The molecule has 1 heterocycles. The molecule has 0 spiro atoms. The van der Waals surface area contributed by atoms with Crippen molar-refractivity contribution in [2.75, 3.05) is 6.61 Å². The van der Waals surface area contributed by atoms with Crippen molar-refractivity contribution in [2.45, 2.75) is 51.7 Å². The van der Waals surface area contributed by atoms with E-state index in [0.29, 0.717) is 24.2 Å². The van der Waals surface area contributed by atoms with Crippen molar-refractivity contribution in [1.29, 1.82) is 0 Å². The van der Waals surface area contributed by atoms with Crippen LogP contribution in [-0.4, -0.2) is 28.7 Å². The lowest BCUT2D eigenvalue weighted by molar-refractivity contribution is 0.0940. The maximum atomic E-state index is 14.1. The van der Waals surface area contributed by atoms with E-state index < -0.39 is 0 Å². The van der Waals surface area contributed by atoms with Crippen molar-refractivity contribution < 1.29 is 9.50 Å². The fourth-order valence-electron chi connectivity index (χ4n) is 2.88. The zero-order chi connectivity index (χ0) is 14.5. The highest BCUT2D eigenvalue weighted by Crippen LogP contribution is 2.25. The van der Waals surface area contributed by atoms with Crippen LogP contribution in [0.3, 0.4) is 0 Å². The number of nitrogens with zero attached hydrogens (tertiary/aromatic N) is 1. The zero-order valence-electron chi connectivity index (χ0n) is 12.2. The molecule has 0 saturated carbocycles. The van der Waals surface area contributed by atoms with Crippen molar-refractivity contribution in [3.8, 4) is 11.8 Å². The fraction of sp³-hybridized carbons (Fsp3) is 0.529. The van der Waals surface area contributed by atoms with Gasteiger partial charge in [0.05, 0.1) is 0 Å². The first-order valence-corrected chi connectivity index (χ1v) is 7.25. The van der Waals surface area contributed by atoms with Crippen molar-refractivity contribution in [1.82, 2.24) is 4.90 Å². The first kappa shape index (κ1) is 15.0. The average Bonchev–Trinajstić information content (AvgIpc) is 2.42. The van der Waals surface area contributed by atoms with Crippen molar-refractivity contribution in [2.24, 2.45) is 0 Å². The Balaban J connectivity index is 2.13. The monoisotopic (exact) mass is 275 g/mol. The van der Waals surface area contributed by atoms with Gasteiger partial charge in [0, 0.05) is 29.8 Å². The first-order chi connectivity index (χ1) is 9.61. The molecule has 1 aliphatic heterocycles. The molecule has 1 aliphatic rings. The van der Waals surface area contributed by atoms with E-state index in [1.54, 1.807) is 0 Å². The van der Waals surface area contributed by atoms with Crippen LogP contribution >= 0.6 is 0 Å². The van der Waals surface area contributed by atoms with Gasteiger partial charge in [0.1, 0.15) is 12.4 Å². The average molecular weight is 275 g/mol. The summed E-state index contributed by atoms with van der Waals surface area (Å²) in [7, 11) is 0. The van der Waals surface area contributed by atoms with Crippen molar-refractivity contribution in [3.63, 3.8) is 0 Å². The van der Waals surface area contributed by atoms with Crippen LogP contribution in [0.2, 0.25) is 0 Å². The molecule has 1 aromatic rings. The number of likely N-dealkylation sites (tertiary alicyclic amines) is 1. The molecule has 2 nitrogen and oxygen atoms in total. The molecule has 2 unspecified atom stereocenters. The predicted octanol–water partition coefficient (Wildman–Crippen LogP) is 2.93. The second kappa shape index (κ2) is 6.88. The zero-order valence-corrected chi connectivity index (χ0v) is 12.2. The Kier molecular flexibility index (Phi) is 5.17. The highest BCUT2D eigenvalue weighted by Gasteiger charge is 2.25. The number of piperidine rings is 1. The van der Waals surface area contributed by atoms with E-state index in [1.165, 1.54) is 25.3 Å². The molecule has 108 valence electrons. The number of hydrogen-bond acceptors (Lipinski definition) is 2. The third-order valence-corrected chi connectivity index (χ3v) is 4.09. The third-order valence-electron chi connectivity index (χ3n) is 4.09. The molecule has 20 heavy (non-hydrogen) atoms. The molecule has 2 rings (SSSR count). The third kappa shape index (κ3) is 3.59. The number of halogens is 1. The summed E-state index contributed by atoms with van der Waals surface area (Å²) in [5.74, 6) is 5.06. The van der Waals surface area contributed by atoms with E-state index in [9.17, 15) is 4.39 Å². The lowest BCUT2D eigenvalue weighted by Gasteiger charge is -2.39. The normalized spacial score (nSPS) is 23.2. The molecular weight excluding hydrogens is 253 g/mol. The summed E-state index contributed by atoms with van der Waals surface area (Å²) in [6, 6.07) is 6.10. The SMILES string of the molecule is CC1CCCC(C)N1Cc1ccc(C#CCO)cc1F. The molecule has 2 atom stereocenters. The molecule has 1 aromatic carbocycles. The van der Waals surface area contributed by atoms with Crippen LogP contribution in [0.1, 0.15) is 44.2 Å². The van der Waals surface area contributed by atoms with E-state index in [-0.39, 0.29) is 12.4 Å². The second-order valence-electron chi connectivity index (χ2n) is 5.57. The lowest BCUT2D eigenvalue weighted by Crippen LogP contribution is -2.43. The van der Waals surface area contributed by atoms with Crippen LogP contribution in [0.4, 0.5) is 4.39 Å². The topological polar surface area (TPSA) is 23.5 Å². The van der Waals surface area contributed by atoms with Crippen molar-refractivity contribution >= 4 is 0 Å². The number of hydrogen-bond donors (Lipinski definition) is 1. The summed E-state index contributed by atoms with van der Waals surface area (Å²) < 4.78 is 14.1. The molecule has 0 amide bonds. The van der Waals surface area contributed by atoms with E-state index >= 15 is 0 Å². The van der Waals surface area contributed by atoms with Crippen molar-refractivity contribution in [3.05, 3.63) is 35.1 Å². The standard InChI is InChI=1S/C17H22FNO/c1-13-5-3-6-14(2)19(13)12-16-9-8-15(7-4-10-20)11-17(16)18/h8-9,11,13-14,20H,3,5-6,10,12H2,1-2H3. The molecular formula is C17H22FNO. The Bertz CT molecular complexity index is 507. The Morgan fingerprint density at radius 3 is 2.60 bits per heavy atom. The summed E-state index contributed by atoms with van der Waals surface area (Å²) in [5.41, 5.74) is 1.33. The molecule has 3 heteroatoms. The minimum atomic E-state index is -0.209. The van der Waals surface area contributed by atoms with Crippen LogP contribution in [0, 0.1) is 17.7 Å². The van der Waals surface area contributed by atoms with Gasteiger partial charge in [-0.05, 0) is 38.8 Å². The van der Waals surface area contributed by atoms with Crippen LogP contribution in [0.15, 0.2) is 18.2 Å². The minimum Gasteiger partial charge on any atom is -0.384 e. The molecule has 0 bridgehead atoms. The predicted molar refractivity (Wildman–Crippen MR) is 78.7 cm³/mol. The van der Waals surface area contributed by atoms with Crippen LogP contribution in [-0.2, 0) is 6.54 Å². The van der Waals surface area contributed by atoms with E-state index in [0.717, 1.165) is 5.56 Å². The van der Waals surface area contributed by atoms with Crippen LogP contribution in [0.25, 0.3) is 0 Å². The summed E-state index contributed by atoms with van der Waals surface area (Å²) in [6.45, 7) is 4.89. The van der Waals surface area contributed by atoms with Gasteiger partial charge in [-0.1, -0.05) is 24.3 Å². The molecule has 0 radical (unpaired) electrons. The highest BCUT2D eigenvalue weighted by atomic mass is 19.1. The molecule has 0 aromatic heterocycles.